The van der Waals surface area contributed by atoms with Gasteiger partial charge in [-0.1, -0.05) is 30.3 Å². The molecular formula is C21H22N6O. The SMILES string of the molecule is Cc1cc(C(=O)N[C@H](c2ccccc2)c2nccn2C)c2c(C)nn(C)c2n1. The summed E-state index contributed by atoms with van der Waals surface area (Å²) in [5.41, 5.74) is 3.80. The van der Waals surface area contributed by atoms with Gasteiger partial charge < -0.3 is 9.88 Å². The van der Waals surface area contributed by atoms with Crippen LogP contribution in [0.5, 0.6) is 0 Å². The van der Waals surface area contributed by atoms with Crippen LogP contribution < -0.4 is 5.32 Å². The Kier molecular flexibility index (Phi) is 4.43. The molecule has 1 N–H and O–H groups in total. The lowest BCUT2D eigenvalue weighted by atomic mass is 10.0. The summed E-state index contributed by atoms with van der Waals surface area (Å²) in [6.07, 6.45) is 3.61. The second-order valence-corrected chi connectivity index (χ2v) is 6.93. The van der Waals surface area contributed by atoms with E-state index in [0.717, 1.165) is 28.2 Å². The van der Waals surface area contributed by atoms with Gasteiger partial charge >= 0.3 is 0 Å². The highest BCUT2D eigenvalue weighted by molar-refractivity contribution is 6.06. The van der Waals surface area contributed by atoms with E-state index in [-0.39, 0.29) is 11.9 Å². The molecule has 0 aliphatic carbocycles. The van der Waals surface area contributed by atoms with Gasteiger partial charge in [-0.15, -0.1) is 0 Å². The van der Waals surface area contributed by atoms with E-state index in [1.807, 2.05) is 75.1 Å². The molecule has 3 aromatic heterocycles. The second-order valence-electron chi connectivity index (χ2n) is 6.93. The van der Waals surface area contributed by atoms with Gasteiger partial charge in [-0.25, -0.2) is 9.97 Å². The molecule has 142 valence electrons. The van der Waals surface area contributed by atoms with Gasteiger partial charge in [0.2, 0.25) is 0 Å². The lowest BCUT2D eigenvalue weighted by Gasteiger charge is -2.19. The summed E-state index contributed by atoms with van der Waals surface area (Å²) < 4.78 is 3.63. The quantitative estimate of drug-likeness (QED) is 0.596. The summed E-state index contributed by atoms with van der Waals surface area (Å²) in [6, 6.07) is 11.3. The molecule has 4 rings (SSSR count). The molecule has 0 aliphatic rings. The minimum absolute atomic E-state index is 0.177. The summed E-state index contributed by atoms with van der Waals surface area (Å²) in [6.45, 7) is 3.77. The van der Waals surface area contributed by atoms with Crippen molar-refractivity contribution in [3.8, 4) is 0 Å². The monoisotopic (exact) mass is 374 g/mol. The Morgan fingerprint density at radius 3 is 2.57 bits per heavy atom. The molecule has 0 spiro atoms. The Morgan fingerprint density at radius 2 is 1.89 bits per heavy atom. The van der Waals surface area contributed by atoms with Crippen molar-refractivity contribution in [1.29, 1.82) is 0 Å². The summed E-state index contributed by atoms with van der Waals surface area (Å²) in [5, 5.41) is 8.37. The molecule has 0 saturated heterocycles. The zero-order chi connectivity index (χ0) is 19.8. The first-order valence-electron chi connectivity index (χ1n) is 9.09. The van der Waals surface area contributed by atoms with Crippen LogP contribution in [0.4, 0.5) is 0 Å². The molecule has 1 atom stereocenters. The molecule has 7 nitrogen and oxygen atoms in total. The van der Waals surface area contributed by atoms with E-state index < -0.39 is 0 Å². The predicted octanol–water partition coefficient (Wildman–Crippen LogP) is 2.84. The Morgan fingerprint density at radius 1 is 1.14 bits per heavy atom. The number of fused-ring (bicyclic) bond motifs is 1. The summed E-state index contributed by atoms with van der Waals surface area (Å²) >= 11 is 0. The fourth-order valence-electron chi connectivity index (χ4n) is 3.56. The van der Waals surface area contributed by atoms with Crippen LogP contribution >= 0.6 is 0 Å². The predicted molar refractivity (Wildman–Crippen MR) is 107 cm³/mol. The van der Waals surface area contributed by atoms with Crippen LogP contribution in [0, 0.1) is 13.8 Å². The molecule has 0 saturated carbocycles. The standard InChI is InChI=1S/C21H22N6O/c1-13-12-16(17-14(2)25-27(4)19(17)23-13)21(28)24-18(15-8-6-5-7-9-15)20-22-10-11-26(20)3/h5-12,18H,1-4H3,(H,24,28)/t18-/m1/s1. The normalized spacial score (nSPS) is 12.3. The maximum absolute atomic E-state index is 13.3. The number of carbonyl (C=O) groups excluding carboxylic acids is 1. The Labute approximate surface area is 163 Å². The number of benzene rings is 1. The molecule has 0 unspecified atom stereocenters. The molecule has 0 aliphatic heterocycles. The number of nitrogens with one attached hydrogen (secondary N) is 1. The van der Waals surface area contributed by atoms with Crippen LogP contribution in [0.25, 0.3) is 11.0 Å². The number of hydrogen-bond donors (Lipinski definition) is 1. The lowest BCUT2D eigenvalue weighted by Crippen LogP contribution is -2.31. The van der Waals surface area contributed by atoms with E-state index in [9.17, 15) is 4.79 Å². The third kappa shape index (κ3) is 3.05. The highest BCUT2D eigenvalue weighted by atomic mass is 16.1. The maximum atomic E-state index is 13.3. The third-order valence-electron chi connectivity index (χ3n) is 4.87. The molecule has 1 aromatic carbocycles. The number of aryl methyl sites for hydroxylation is 4. The van der Waals surface area contributed by atoms with Crippen LogP contribution in [0.3, 0.4) is 0 Å². The fourth-order valence-corrected chi connectivity index (χ4v) is 3.56. The Bertz CT molecular complexity index is 1160. The molecular weight excluding hydrogens is 352 g/mol. The average Bonchev–Trinajstić information content (AvgIpc) is 3.22. The van der Waals surface area contributed by atoms with E-state index in [2.05, 4.69) is 20.4 Å². The summed E-state index contributed by atoms with van der Waals surface area (Å²) in [4.78, 5) is 22.4. The van der Waals surface area contributed by atoms with Crippen molar-refractivity contribution in [3.05, 3.63) is 77.1 Å². The highest BCUT2D eigenvalue weighted by Crippen LogP contribution is 2.25. The number of nitrogens with zero attached hydrogens (tertiary/aromatic N) is 5. The van der Waals surface area contributed by atoms with Crippen molar-refractivity contribution in [2.24, 2.45) is 14.1 Å². The molecule has 7 heteroatoms. The molecule has 0 fully saturated rings. The van der Waals surface area contributed by atoms with Gasteiger partial charge in [0.1, 0.15) is 11.9 Å². The molecule has 28 heavy (non-hydrogen) atoms. The number of aromatic nitrogens is 5. The van der Waals surface area contributed by atoms with Crippen molar-refractivity contribution in [2.75, 3.05) is 0 Å². The number of pyridine rings is 1. The van der Waals surface area contributed by atoms with E-state index in [1.165, 1.54) is 0 Å². The molecule has 1 amide bonds. The van der Waals surface area contributed by atoms with Crippen LogP contribution in [0.15, 0.2) is 48.8 Å². The van der Waals surface area contributed by atoms with E-state index in [1.54, 1.807) is 10.9 Å². The lowest BCUT2D eigenvalue weighted by molar-refractivity contribution is 0.0942. The Balaban J connectivity index is 1.79. The van der Waals surface area contributed by atoms with Crippen molar-refractivity contribution in [2.45, 2.75) is 19.9 Å². The van der Waals surface area contributed by atoms with Gasteiger partial charge in [-0.3, -0.25) is 9.48 Å². The van der Waals surface area contributed by atoms with Crippen molar-refractivity contribution >= 4 is 16.9 Å². The van der Waals surface area contributed by atoms with Gasteiger partial charge in [0.05, 0.1) is 16.6 Å². The number of hydrogen-bond acceptors (Lipinski definition) is 4. The number of imidazole rings is 1. The fraction of sp³-hybridized carbons (Fsp3) is 0.238. The minimum atomic E-state index is -0.366. The second kappa shape index (κ2) is 6.92. The number of carbonyl (C=O) groups is 1. The van der Waals surface area contributed by atoms with Gasteiger partial charge in [-0.05, 0) is 25.5 Å². The van der Waals surface area contributed by atoms with Crippen LogP contribution in [-0.4, -0.2) is 30.2 Å². The highest BCUT2D eigenvalue weighted by Gasteiger charge is 2.24. The van der Waals surface area contributed by atoms with E-state index in [0.29, 0.717) is 11.2 Å². The first-order chi connectivity index (χ1) is 13.5. The van der Waals surface area contributed by atoms with Crippen molar-refractivity contribution < 1.29 is 4.79 Å². The van der Waals surface area contributed by atoms with Crippen molar-refractivity contribution in [1.82, 2.24) is 29.6 Å². The average molecular weight is 374 g/mol. The number of rotatable bonds is 4. The topological polar surface area (TPSA) is 77.6 Å². The summed E-state index contributed by atoms with van der Waals surface area (Å²) in [7, 11) is 3.76. The van der Waals surface area contributed by atoms with Crippen LogP contribution in [0.2, 0.25) is 0 Å². The smallest absolute Gasteiger partial charge is 0.253 e. The molecule has 0 radical (unpaired) electrons. The van der Waals surface area contributed by atoms with Gasteiger partial charge in [0.15, 0.2) is 5.65 Å². The number of amides is 1. The maximum Gasteiger partial charge on any atom is 0.253 e. The molecule has 4 aromatic rings. The first-order valence-corrected chi connectivity index (χ1v) is 9.09. The van der Waals surface area contributed by atoms with Crippen LogP contribution in [-0.2, 0) is 14.1 Å². The van der Waals surface area contributed by atoms with Crippen LogP contribution in [0.1, 0.15) is 39.2 Å². The first kappa shape index (κ1) is 17.9. The minimum Gasteiger partial charge on any atom is -0.338 e. The third-order valence-corrected chi connectivity index (χ3v) is 4.87. The van der Waals surface area contributed by atoms with Gasteiger partial charge in [0, 0.05) is 32.2 Å². The van der Waals surface area contributed by atoms with Crippen molar-refractivity contribution in [3.63, 3.8) is 0 Å². The zero-order valence-electron chi connectivity index (χ0n) is 16.3. The summed E-state index contributed by atoms with van der Waals surface area (Å²) in [5.74, 6) is 0.591. The van der Waals surface area contributed by atoms with E-state index in [4.69, 9.17) is 0 Å². The van der Waals surface area contributed by atoms with E-state index >= 15 is 0 Å². The Hall–Kier alpha value is -3.48. The zero-order valence-corrected chi connectivity index (χ0v) is 16.3. The molecule has 0 bridgehead atoms. The van der Waals surface area contributed by atoms with Gasteiger partial charge in [0.25, 0.3) is 5.91 Å². The molecule has 3 heterocycles. The van der Waals surface area contributed by atoms with Gasteiger partial charge in [-0.2, -0.15) is 5.10 Å². The largest absolute Gasteiger partial charge is 0.338 e.